The summed E-state index contributed by atoms with van der Waals surface area (Å²) in [6, 6.07) is 2.31. The van der Waals surface area contributed by atoms with Crippen molar-refractivity contribution in [2.45, 2.75) is 38.4 Å². The minimum Gasteiger partial charge on any atom is -0.364 e. The molecule has 23 heavy (non-hydrogen) atoms. The lowest BCUT2D eigenvalue weighted by molar-refractivity contribution is 0.0787. The zero-order valence-electron chi connectivity index (χ0n) is 13.7. The quantitative estimate of drug-likeness (QED) is 0.789. The van der Waals surface area contributed by atoms with Crippen LogP contribution in [0.15, 0.2) is 16.9 Å². The molecule has 0 spiro atoms. The second-order valence-corrected chi connectivity index (χ2v) is 6.73. The predicted octanol–water partition coefficient (Wildman–Crippen LogP) is 1.12. The van der Waals surface area contributed by atoms with Crippen LogP contribution in [0.5, 0.6) is 0 Å². The van der Waals surface area contributed by atoms with Crippen molar-refractivity contribution in [3.05, 3.63) is 35.0 Å². The highest BCUT2D eigenvalue weighted by Crippen LogP contribution is 2.30. The highest BCUT2D eigenvalue weighted by atomic mass is 16.5. The Balaban J connectivity index is 1.78. The molecule has 2 aromatic rings. The molecule has 2 aliphatic rings. The van der Waals surface area contributed by atoms with E-state index in [0.717, 1.165) is 35.6 Å². The lowest BCUT2D eigenvalue weighted by atomic mass is 10.00. The summed E-state index contributed by atoms with van der Waals surface area (Å²) in [6.45, 7) is 4.25. The largest absolute Gasteiger partial charge is 0.364 e. The van der Waals surface area contributed by atoms with Crippen molar-refractivity contribution >= 4 is 5.91 Å². The van der Waals surface area contributed by atoms with E-state index in [0.29, 0.717) is 19.1 Å². The first kappa shape index (κ1) is 14.4. The molecule has 0 unspecified atom stereocenters. The van der Waals surface area contributed by atoms with Gasteiger partial charge < -0.3 is 9.42 Å². The molecule has 0 saturated heterocycles. The van der Waals surface area contributed by atoms with Gasteiger partial charge in [0.05, 0.1) is 17.9 Å². The van der Waals surface area contributed by atoms with Gasteiger partial charge in [0.15, 0.2) is 0 Å². The number of aromatic nitrogens is 3. The molecule has 2 atom stereocenters. The number of carbonyl (C=O) groups excluding carboxylic acids is 1. The van der Waals surface area contributed by atoms with Gasteiger partial charge in [0, 0.05) is 50.1 Å². The molecular weight excluding hydrogens is 294 g/mol. The van der Waals surface area contributed by atoms with Crippen molar-refractivity contribution in [3.8, 4) is 0 Å². The molecule has 0 aliphatic carbocycles. The van der Waals surface area contributed by atoms with E-state index in [1.807, 2.05) is 17.8 Å². The fraction of sp³-hybridized carbons (Fsp3) is 0.562. The molecule has 7 heteroatoms. The Morgan fingerprint density at radius 1 is 1.30 bits per heavy atom. The van der Waals surface area contributed by atoms with Crippen molar-refractivity contribution in [1.29, 1.82) is 0 Å². The van der Waals surface area contributed by atoms with Crippen LogP contribution >= 0.6 is 0 Å². The number of fused-ring (bicyclic) bond motifs is 3. The standard InChI is InChI=1S/C16H21N5O2/c1-10-6-14-12(9-19(10)2)15-16(22)20(3)7-11(8-21(15)17-14)13-4-5-23-18-13/h4-5,10-11H,6-9H2,1-3H3/t10-,11-/m1/s1. The van der Waals surface area contributed by atoms with Crippen LogP contribution in [0.2, 0.25) is 0 Å². The molecule has 0 aromatic carbocycles. The lowest BCUT2D eigenvalue weighted by Gasteiger charge is -2.29. The Morgan fingerprint density at radius 3 is 2.87 bits per heavy atom. The summed E-state index contributed by atoms with van der Waals surface area (Å²) >= 11 is 0. The fourth-order valence-corrected chi connectivity index (χ4v) is 3.57. The van der Waals surface area contributed by atoms with Crippen LogP contribution < -0.4 is 0 Å². The van der Waals surface area contributed by atoms with Gasteiger partial charge in [-0.1, -0.05) is 5.16 Å². The van der Waals surface area contributed by atoms with E-state index in [9.17, 15) is 4.79 Å². The second kappa shape index (κ2) is 5.19. The topological polar surface area (TPSA) is 67.4 Å². The van der Waals surface area contributed by atoms with Crippen molar-refractivity contribution in [1.82, 2.24) is 24.7 Å². The third-order valence-corrected chi connectivity index (χ3v) is 5.10. The monoisotopic (exact) mass is 315 g/mol. The van der Waals surface area contributed by atoms with Gasteiger partial charge in [0.2, 0.25) is 0 Å². The highest BCUT2D eigenvalue weighted by molar-refractivity contribution is 5.94. The molecule has 0 fully saturated rings. The van der Waals surface area contributed by atoms with Crippen LogP contribution in [0.4, 0.5) is 0 Å². The Kier molecular flexibility index (Phi) is 3.26. The Hall–Kier alpha value is -2.15. The fourth-order valence-electron chi connectivity index (χ4n) is 3.57. The van der Waals surface area contributed by atoms with E-state index in [2.05, 4.69) is 24.0 Å². The van der Waals surface area contributed by atoms with E-state index >= 15 is 0 Å². The Morgan fingerprint density at radius 2 is 2.13 bits per heavy atom. The summed E-state index contributed by atoms with van der Waals surface area (Å²) in [7, 11) is 3.94. The van der Waals surface area contributed by atoms with Gasteiger partial charge in [-0.3, -0.25) is 14.4 Å². The maximum Gasteiger partial charge on any atom is 0.272 e. The smallest absolute Gasteiger partial charge is 0.272 e. The third-order valence-electron chi connectivity index (χ3n) is 5.10. The minimum absolute atomic E-state index is 0.0488. The van der Waals surface area contributed by atoms with Gasteiger partial charge in [0.25, 0.3) is 5.91 Å². The maximum absolute atomic E-state index is 12.9. The van der Waals surface area contributed by atoms with Crippen LogP contribution in [-0.4, -0.2) is 57.3 Å². The van der Waals surface area contributed by atoms with Crippen LogP contribution in [-0.2, 0) is 19.5 Å². The van der Waals surface area contributed by atoms with Crippen LogP contribution in [0, 0.1) is 0 Å². The molecular formula is C16H21N5O2. The first-order chi connectivity index (χ1) is 11.0. The van der Waals surface area contributed by atoms with Gasteiger partial charge in [-0.05, 0) is 14.0 Å². The SMILES string of the molecule is C[C@@H]1Cc2nn3c(c2CN1C)C(=O)N(C)C[C@@H](c1ccon1)C3. The molecule has 2 aliphatic heterocycles. The average Bonchev–Trinajstić information content (AvgIpc) is 3.12. The molecule has 122 valence electrons. The summed E-state index contributed by atoms with van der Waals surface area (Å²) in [5.41, 5.74) is 3.76. The molecule has 0 radical (unpaired) electrons. The van der Waals surface area contributed by atoms with Crippen molar-refractivity contribution < 1.29 is 9.32 Å². The first-order valence-corrected chi connectivity index (χ1v) is 7.99. The van der Waals surface area contributed by atoms with Crippen LogP contribution in [0.3, 0.4) is 0 Å². The van der Waals surface area contributed by atoms with Gasteiger partial charge in [-0.25, -0.2) is 0 Å². The van der Waals surface area contributed by atoms with Gasteiger partial charge in [0.1, 0.15) is 12.0 Å². The third kappa shape index (κ3) is 2.26. The average molecular weight is 315 g/mol. The minimum atomic E-state index is 0.0488. The lowest BCUT2D eigenvalue weighted by Crippen LogP contribution is -2.36. The van der Waals surface area contributed by atoms with E-state index in [1.54, 1.807) is 11.2 Å². The highest BCUT2D eigenvalue weighted by Gasteiger charge is 2.35. The second-order valence-electron chi connectivity index (χ2n) is 6.73. The molecule has 2 aromatic heterocycles. The number of nitrogens with zero attached hydrogens (tertiary/aromatic N) is 5. The summed E-state index contributed by atoms with van der Waals surface area (Å²) in [6.07, 6.45) is 2.46. The molecule has 4 rings (SSSR count). The molecule has 1 amide bonds. The molecule has 0 bridgehead atoms. The van der Waals surface area contributed by atoms with Gasteiger partial charge in [-0.2, -0.15) is 5.10 Å². The van der Waals surface area contributed by atoms with E-state index in [1.165, 1.54) is 0 Å². The number of hydrogen-bond acceptors (Lipinski definition) is 5. The van der Waals surface area contributed by atoms with Crippen molar-refractivity contribution in [3.63, 3.8) is 0 Å². The number of rotatable bonds is 1. The number of carbonyl (C=O) groups is 1. The summed E-state index contributed by atoms with van der Waals surface area (Å²) in [5, 5.41) is 8.82. The van der Waals surface area contributed by atoms with Crippen LogP contribution in [0.1, 0.15) is 40.3 Å². The summed E-state index contributed by atoms with van der Waals surface area (Å²) in [5.74, 6) is 0.146. The number of amides is 1. The zero-order chi connectivity index (χ0) is 16.1. The Labute approximate surface area is 134 Å². The number of hydrogen-bond donors (Lipinski definition) is 0. The molecule has 4 heterocycles. The van der Waals surface area contributed by atoms with E-state index in [4.69, 9.17) is 9.62 Å². The number of likely N-dealkylation sites (N-methyl/N-ethyl adjacent to an activating group) is 2. The first-order valence-electron chi connectivity index (χ1n) is 7.99. The summed E-state index contributed by atoms with van der Waals surface area (Å²) < 4.78 is 6.87. The molecule has 0 N–H and O–H groups in total. The zero-order valence-corrected chi connectivity index (χ0v) is 13.7. The van der Waals surface area contributed by atoms with Crippen LogP contribution in [0.25, 0.3) is 0 Å². The maximum atomic E-state index is 12.9. The molecule has 0 saturated carbocycles. The molecule has 7 nitrogen and oxygen atoms in total. The Bertz CT molecular complexity index is 736. The van der Waals surface area contributed by atoms with Crippen molar-refractivity contribution in [2.24, 2.45) is 0 Å². The van der Waals surface area contributed by atoms with E-state index in [-0.39, 0.29) is 11.8 Å². The predicted molar refractivity (Wildman–Crippen MR) is 83.1 cm³/mol. The summed E-state index contributed by atoms with van der Waals surface area (Å²) in [4.78, 5) is 16.9. The van der Waals surface area contributed by atoms with Gasteiger partial charge >= 0.3 is 0 Å². The van der Waals surface area contributed by atoms with Crippen molar-refractivity contribution in [2.75, 3.05) is 20.6 Å². The van der Waals surface area contributed by atoms with E-state index < -0.39 is 0 Å². The van der Waals surface area contributed by atoms with Gasteiger partial charge in [-0.15, -0.1) is 0 Å². The normalized spacial score (nSPS) is 25.2.